The van der Waals surface area contributed by atoms with Crippen molar-refractivity contribution in [1.29, 1.82) is 0 Å². The van der Waals surface area contributed by atoms with Crippen LogP contribution in [0.15, 0.2) is 11.8 Å². The monoisotopic (exact) mass is 236 g/mol. The number of hydrogen-bond acceptors (Lipinski definition) is 2. The molecule has 1 N–H and O–H groups in total. The Labute approximate surface area is 104 Å². The van der Waals surface area contributed by atoms with Crippen LogP contribution in [0.2, 0.25) is 0 Å². The van der Waals surface area contributed by atoms with E-state index in [2.05, 4.69) is 13.8 Å². The Balaban J connectivity index is 1.98. The zero-order valence-electron chi connectivity index (χ0n) is 11.0. The number of allylic oxidation sites excluding steroid dienone is 2. The Morgan fingerprint density at radius 3 is 2.00 bits per heavy atom. The van der Waals surface area contributed by atoms with Crippen LogP contribution in [-0.4, -0.2) is 10.9 Å². The van der Waals surface area contributed by atoms with Gasteiger partial charge in [-0.05, 0) is 50.4 Å². The lowest BCUT2D eigenvalue weighted by molar-refractivity contribution is -0.119. The van der Waals surface area contributed by atoms with Gasteiger partial charge in [0.2, 0.25) is 0 Å². The Morgan fingerprint density at radius 2 is 1.59 bits per heavy atom. The van der Waals surface area contributed by atoms with E-state index in [0.29, 0.717) is 17.6 Å². The molecule has 2 nitrogen and oxygen atoms in total. The molecule has 0 amide bonds. The largest absolute Gasteiger partial charge is 0.512 e. The van der Waals surface area contributed by atoms with Crippen LogP contribution in [0.1, 0.15) is 52.4 Å². The fourth-order valence-electron chi connectivity index (χ4n) is 2.91. The third-order valence-corrected chi connectivity index (χ3v) is 4.30. The highest BCUT2D eigenvalue weighted by molar-refractivity contribution is 5.92. The number of rotatable bonds is 7. The number of carbonyl (C=O) groups is 1. The summed E-state index contributed by atoms with van der Waals surface area (Å²) >= 11 is 0. The van der Waals surface area contributed by atoms with Crippen molar-refractivity contribution >= 4 is 5.78 Å². The number of aliphatic hydroxyl groups excluding tert-OH is 1. The molecule has 2 heteroatoms. The van der Waals surface area contributed by atoms with Crippen LogP contribution in [0, 0.1) is 23.7 Å². The molecule has 0 aliphatic heterocycles. The predicted octanol–water partition coefficient (Wildman–Crippen LogP) is 3.87. The first-order valence-electron chi connectivity index (χ1n) is 7.11. The van der Waals surface area contributed by atoms with Gasteiger partial charge < -0.3 is 5.11 Å². The molecule has 0 aromatic carbocycles. The molecule has 0 bridgehead atoms. The highest BCUT2D eigenvalue weighted by Crippen LogP contribution is 2.42. The number of carbonyl (C=O) groups excluding carboxylic acids is 1. The lowest BCUT2D eigenvalue weighted by Crippen LogP contribution is -2.16. The second kappa shape index (κ2) is 5.24. The Bertz CT molecular complexity index is 311. The van der Waals surface area contributed by atoms with Crippen LogP contribution in [0.4, 0.5) is 0 Å². The van der Waals surface area contributed by atoms with E-state index in [9.17, 15) is 9.90 Å². The number of aliphatic hydroxyl groups is 1. The van der Waals surface area contributed by atoms with Crippen molar-refractivity contribution in [2.24, 2.45) is 23.7 Å². The lowest BCUT2D eigenvalue weighted by Gasteiger charge is -2.14. The average Bonchev–Trinajstić information content (AvgIpc) is 3.13. The molecule has 0 aromatic rings. The maximum Gasteiger partial charge on any atom is 0.162 e. The number of hydrogen-bond donors (Lipinski definition) is 1. The summed E-state index contributed by atoms with van der Waals surface area (Å²) in [6.45, 7) is 4.17. The Morgan fingerprint density at radius 1 is 1.12 bits per heavy atom. The van der Waals surface area contributed by atoms with E-state index >= 15 is 0 Å². The van der Waals surface area contributed by atoms with Gasteiger partial charge in [-0.15, -0.1) is 0 Å². The fraction of sp³-hybridized carbons (Fsp3) is 0.800. The molecule has 2 fully saturated rings. The van der Waals surface area contributed by atoms with Crippen molar-refractivity contribution in [1.82, 2.24) is 0 Å². The third-order valence-electron chi connectivity index (χ3n) is 4.30. The summed E-state index contributed by atoms with van der Waals surface area (Å²) in [5, 5.41) is 10.1. The van der Waals surface area contributed by atoms with Crippen LogP contribution >= 0.6 is 0 Å². The smallest absolute Gasteiger partial charge is 0.162 e. The van der Waals surface area contributed by atoms with E-state index < -0.39 is 0 Å². The van der Waals surface area contributed by atoms with Gasteiger partial charge in [0, 0.05) is 17.9 Å². The molecular weight excluding hydrogens is 212 g/mol. The average molecular weight is 236 g/mol. The molecule has 2 rings (SSSR count). The SMILES string of the molecule is CCC(C(=O)/C=C(\O)C(CC)C1CC1)C1CC1. The molecule has 0 radical (unpaired) electrons. The standard InChI is InChI=1S/C15H24O2/c1-3-12(10-5-6-10)14(16)9-15(17)13(4-2)11-7-8-11/h9-13,16H,3-8H2,1-2H3/b14-9-. The molecule has 0 heterocycles. The molecule has 2 unspecified atom stereocenters. The third kappa shape index (κ3) is 3.11. The van der Waals surface area contributed by atoms with Crippen molar-refractivity contribution < 1.29 is 9.90 Å². The maximum absolute atomic E-state index is 12.1. The first-order chi connectivity index (χ1) is 8.17. The van der Waals surface area contributed by atoms with Crippen molar-refractivity contribution in [3.05, 3.63) is 11.8 Å². The molecule has 2 aliphatic rings. The Kier molecular flexibility index (Phi) is 3.90. The van der Waals surface area contributed by atoms with Crippen molar-refractivity contribution in [3.63, 3.8) is 0 Å². The van der Waals surface area contributed by atoms with Crippen LogP contribution in [0.5, 0.6) is 0 Å². The van der Waals surface area contributed by atoms with E-state index in [0.717, 1.165) is 12.8 Å². The zero-order chi connectivity index (χ0) is 12.4. The van der Waals surface area contributed by atoms with E-state index in [-0.39, 0.29) is 17.6 Å². The predicted molar refractivity (Wildman–Crippen MR) is 68.7 cm³/mol. The normalized spacial score (nSPS) is 24.5. The van der Waals surface area contributed by atoms with Crippen molar-refractivity contribution in [3.8, 4) is 0 Å². The minimum absolute atomic E-state index is 0.159. The van der Waals surface area contributed by atoms with Gasteiger partial charge >= 0.3 is 0 Å². The first kappa shape index (κ1) is 12.7. The van der Waals surface area contributed by atoms with Crippen LogP contribution in [0.25, 0.3) is 0 Å². The van der Waals surface area contributed by atoms with Crippen LogP contribution in [-0.2, 0) is 4.79 Å². The quantitative estimate of drug-likeness (QED) is 0.538. The summed E-state index contributed by atoms with van der Waals surface area (Å²) in [5.74, 6) is 2.12. The van der Waals surface area contributed by atoms with Gasteiger partial charge in [-0.25, -0.2) is 0 Å². The van der Waals surface area contributed by atoms with E-state index in [1.807, 2.05) is 0 Å². The molecule has 96 valence electrons. The Hall–Kier alpha value is -0.790. The lowest BCUT2D eigenvalue weighted by atomic mass is 9.92. The maximum atomic E-state index is 12.1. The van der Waals surface area contributed by atoms with Gasteiger partial charge in [0.05, 0.1) is 5.76 Å². The van der Waals surface area contributed by atoms with Crippen molar-refractivity contribution in [2.45, 2.75) is 52.4 Å². The van der Waals surface area contributed by atoms with Gasteiger partial charge in [-0.1, -0.05) is 13.8 Å². The van der Waals surface area contributed by atoms with Crippen molar-refractivity contribution in [2.75, 3.05) is 0 Å². The van der Waals surface area contributed by atoms with Gasteiger partial charge in [0.15, 0.2) is 5.78 Å². The summed E-state index contributed by atoms with van der Waals surface area (Å²) in [7, 11) is 0. The molecule has 0 spiro atoms. The molecule has 17 heavy (non-hydrogen) atoms. The summed E-state index contributed by atoms with van der Waals surface area (Å²) in [4.78, 5) is 12.1. The van der Waals surface area contributed by atoms with Gasteiger partial charge in [0.1, 0.15) is 0 Å². The molecule has 0 saturated heterocycles. The summed E-state index contributed by atoms with van der Waals surface area (Å²) in [5.41, 5.74) is 0. The number of ketones is 1. The highest BCUT2D eigenvalue weighted by atomic mass is 16.3. The minimum Gasteiger partial charge on any atom is -0.512 e. The molecule has 2 saturated carbocycles. The zero-order valence-corrected chi connectivity index (χ0v) is 11.0. The van der Waals surface area contributed by atoms with E-state index in [1.54, 1.807) is 6.08 Å². The molecule has 2 aliphatic carbocycles. The van der Waals surface area contributed by atoms with Gasteiger partial charge in [0.25, 0.3) is 0 Å². The molecule has 2 atom stereocenters. The summed E-state index contributed by atoms with van der Waals surface area (Å²) in [6.07, 6.45) is 8.21. The second-order valence-electron chi connectivity index (χ2n) is 5.68. The summed E-state index contributed by atoms with van der Waals surface area (Å²) in [6, 6.07) is 0. The summed E-state index contributed by atoms with van der Waals surface area (Å²) < 4.78 is 0. The minimum atomic E-state index is 0.159. The topological polar surface area (TPSA) is 37.3 Å². The first-order valence-corrected chi connectivity index (χ1v) is 7.11. The fourth-order valence-corrected chi connectivity index (χ4v) is 2.91. The van der Waals surface area contributed by atoms with Crippen LogP contribution in [0.3, 0.4) is 0 Å². The van der Waals surface area contributed by atoms with Gasteiger partial charge in [-0.2, -0.15) is 0 Å². The van der Waals surface area contributed by atoms with Crippen LogP contribution < -0.4 is 0 Å². The van der Waals surface area contributed by atoms with Gasteiger partial charge in [-0.3, -0.25) is 4.79 Å². The second-order valence-corrected chi connectivity index (χ2v) is 5.68. The van der Waals surface area contributed by atoms with E-state index in [1.165, 1.54) is 25.7 Å². The highest BCUT2D eigenvalue weighted by Gasteiger charge is 2.36. The van der Waals surface area contributed by atoms with E-state index in [4.69, 9.17) is 0 Å². The molecule has 0 aromatic heterocycles. The molecular formula is C15H24O2.